The molecule has 0 bridgehead atoms. The van der Waals surface area contributed by atoms with E-state index >= 15 is 0 Å². The van der Waals surface area contributed by atoms with E-state index in [9.17, 15) is 0 Å². The second-order valence-electron chi connectivity index (χ2n) is 22.1. The van der Waals surface area contributed by atoms with Gasteiger partial charge in [-0.2, -0.15) is 0 Å². The van der Waals surface area contributed by atoms with Gasteiger partial charge in [0, 0.05) is 10.9 Å². The molecule has 2 heterocycles. The van der Waals surface area contributed by atoms with Crippen molar-refractivity contribution in [3.63, 3.8) is 0 Å². The standard InChI is InChI=1S/C67H57BO2/c1-65(2,3)50-36-45(37-51(40-50)66(4,5)6)43-33-44(35-47(34-43)63-54-27-17-15-25-52(54)62(42-21-11-9-12-22-42)53-26-16-18-28-55(53)63)46-38-60-64-61(39-46)70-59-41-49(67(7,8)48-23-13-10-14-24-48)31-32-57(59)68(64)56-29-19-20-30-58(56)69-60/h9-41H,1-8H3. The molecule has 0 saturated carbocycles. The number of hydrogen-bond acceptors (Lipinski definition) is 2. The number of rotatable bonds is 6. The van der Waals surface area contributed by atoms with E-state index in [4.69, 9.17) is 9.47 Å². The van der Waals surface area contributed by atoms with Gasteiger partial charge in [0.1, 0.15) is 23.0 Å². The smallest absolute Gasteiger partial charge is 0.260 e. The molecular weight excluding hydrogens is 848 g/mol. The van der Waals surface area contributed by atoms with Crippen LogP contribution in [0.25, 0.3) is 66.1 Å². The average molecular weight is 905 g/mol. The van der Waals surface area contributed by atoms with Gasteiger partial charge in [0.2, 0.25) is 0 Å². The van der Waals surface area contributed by atoms with Gasteiger partial charge in [-0.15, -0.1) is 0 Å². The Labute approximate surface area is 413 Å². The molecule has 2 aliphatic rings. The monoisotopic (exact) mass is 904 g/mol. The van der Waals surface area contributed by atoms with E-state index in [-0.39, 0.29) is 23.0 Å². The summed E-state index contributed by atoms with van der Waals surface area (Å²) in [4.78, 5) is 0. The lowest BCUT2D eigenvalue weighted by molar-refractivity contribution is 0.463. The first kappa shape index (κ1) is 43.7. The molecule has 0 atom stereocenters. The zero-order valence-corrected chi connectivity index (χ0v) is 41.4. The Morgan fingerprint density at radius 2 is 0.743 bits per heavy atom. The van der Waals surface area contributed by atoms with Crippen molar-refractivity contribution in [2.24, 2.45) is 0 Å². The zero-order valence-electron chi connectivity index (χ0n) is 41.4. The molecule has 0 fully saturated rings. The Morgan fingerprint density at radius 1 is 0.300 bits per heavy atom. The van der Waals surface area contributed by atoms with Gasteiger partial charge < -0.3 is 9.47 Å². The van der Waals surface area contributed by atoms with Crippen LogP contribution in [-0.2, 0) is 16.2 Å². The second kappa shape index (κ2) is 16.2. The molecule has 340 valence electrons. The number of fused-ring (bicyclic) bond motifs is 6. The fourth-order valence-corrected chi connectivity index (χ4v) is 11.1. The van der Waals surface area contributed by atoms with Crippen LogP contribution < -0.4 is 25.9 Å². The highest BCUT2D eigenvalue weighted by atomic mass is 16.5. The van der Waals surface area contributed by atoms with Crippen LogP contribution in [0, 0.1) is 0 Å². The summed E-state index contributed by atoms with van der Waals surface area (Å²) in [5.41, 5.74) is 17.5. The van der Waals surface area contributed by atoms with Crippen molar-refractivity contribution < 1.29 is 9.47 Å². The molecule has 10 aromatic rings. The third-order valence-corrected chi connectivity index (χ3v) is 15.2. The van der Waals surface area contributed by atoms with Gasteiger partial charge in [0.05, 0.1) is 0 Å². The van der Waals surface area contributed by atoms with Gasteiger partial charge in [0.25, 0.3) is 6.71 Å². The maximum absolute atomic E-state index is 7.20. The molecule has 0 saturated heterocycles. The average Bonchev–Trinajstić information content (AvgIpc) is 3.37. The second-order valence-corrected chi connectivity index (χ2v) is 22.1. The molecule has 2 aliphatic heterocycles. The topological polar surface area (TPSA) is 18.5 Å². The normalized spacial score (nSPS) is 13.1. The van der Waals surface area contributed by atoms with Crippen molar-refractivity contribution in [2.45, 2.75) is 71.6 Å². The molecule has 0 amide bonds. The van der Waals surface area contributed by atoms with Crippen molar-refractivity contribution in [1.29, 1.82) is 0 Å². The highest BCUT2D eigenvalue weighted by Gasteiger charge is 2.41. The summed E-state index contributed by atoms with van der Waals surface area (Å²) < 4.78 is 14.2. The van der Waals surface area contributed by atoms with Crippen LogP contribution in [0.1, 0.15) is 77.6 Å². The van der Waals surface area contributed by atoms with Crippen molar-refractivity contribution in [1.82, 2.24) is 0 Å². The van der Waals surface area contributed by atoms with E-state index in [2.05, 4.69) is 256 Å². The summed E-state index contributed by atoms with van der Waals surface area (Å²) in [6.07, 6.45) is 0. The summed E-state index contributed by atoms with van der Waals surface area (Å²) in [7, 11) is 0. The summed E-state index contributed by atoms with van der Waals surface area (Å²) >= 11 is 0. The fourth-order valence-electron chi connectivity index (χ4n) is 11.1. The van der Waals surface area contributed by atoms with E-state index in [1.54, 1.807) is 0 Å². The van der Waals surface area contributed by atoms with Crippen LogP contribution in [0.3, 0.4) is 0 Å². The Hall–Kier alpha value is -7.62. The lowest BCUT2D eigenvalue weighted by atomic mass is 9.34. The molecule has 3 heteroatoms. The predicted octanol–water partition coefficient (Wildman–Crippen LogP) is 16.3. The van der Waals surface area contributed by atoms with Gasteiger partial charge >= 0.3 is 0 Å². The van der Waals surface area contributed by atoms with Crippen molar-refractivity contribution >= 4 is 44.6 Å². The van der Waals surface area contributed by atoms with Crippen LogP contribution in [0.2, 0.25) is 0 Å². The van der Waals surface area contributed by atoms with Gasteiger partial charge in [-0.25, -0.2) is 0 Å². The van der Waals surface area contributed by atoms with E-state index < -0.39 is 0 Å². The zero-order chi connectivity index (χ0) is 48.1. The molecule has 70 heavy (non-hydrogen) atoms. The maximum Gasteiger partial charge on any atom is 0.260 e. The molecule has 2 nitrogen and oxygen atoms in total. The van der Waals surface area contributed by atoms with E-state index in [1.165, 1.54) is 71.6 Å². The molecular formula is C67H57BO2. The van der Waals surface area contributed by atoms with Crippen molar-refractivity contribution in [3.05, 3.63) is 222 Å². The maximum atomic E-state index is 7.20. The number of hydrogen-bond donors (Lipinski definition) is 0. The molecule has 10 aromatic carbocycles. The van der Waals surface area contributed by atoms with Crippen molar-refractivity contribution in [2.75, 3.05) is 0 Å². The van der Waals surface area contributed by atoms with Crippen molar-refractivity contribution in [3.8, 4) is 67.5 Å². The molecule has 0 unspecified atom stereocenters. The minimum atomic E-state index is -0.234. The van der Waals surface area contributed by atoms with Crippen LogP contribution in [-0.4, -0.2) is 6.71 Å². The SMILES string of the molecule is CC(C)(C)c1cc(-c2cc(-c3cc4c5c(c3)Oc3cc(C(C)(C)c6ccccc6)ccc3B5c3ccccc3O4)cc(-c3c4ccccc4c(-c4ccccc4)c4ccccc34)c2)cc(C(C)(C)C)c1. The summed E-state index contributed by atoms with van der Waals surface area (Å²) in [5, 5.41) is 4.91. The predicted molar refractivity (Wildman–Crippen MR) is 297 cm³/mol. The summed E-state index contributed by atoms with van der Waals surface area (Å²) in [5.74, 6) is 3.42. The first-order chi connectivity index (χ1) is 33.7. The molecule has 0 N–H and O–H groups in total. The summed E-state index contributed by atoms with van der Waals surface area (Å²) in [6.45, 7) is 18.5. The lowest BCUT2D eigenvalue weighted by Gasteiger charge is -2.34. The van der Waals surface area contributed by atoms with Crippen LogP contribution in [0.5, 0.6) is 23.0 Å². The van der Waals surface area contributed by atoms with E-state index in [0.29, 0.717) is 0 Å². The van der Waals surface area contributed by atoms with Crippen LogP contribution >= 0.6 is 0 Å². The highest BCUT2D eigenvalue weighted by Crippen LogP contribution is 2.47. The Bertz CT molecular complexity index is 3610. The Morgan fingerprint density at radius 3 is 1.31 bits per heavy atom. The third-order valence-electron chi connectivity index (χ3n) is 15.2. The largest absolute Gasteiger partial charge is 0.458 e. The van der Waals surface area contributed by atoms with Gasteiger partial charge in [-0.3, -0.25) is 0 Å². The van der Waals surface area contributed by atoms with Gasteiger partial charge in [0.15, 0.2) is 0 Å². The summed E-state index contributed by atoms with van der Waals surface area (Å²) in [6, 6.07) is 73.9. The number of benzene rings is 10. The quantitative estimate of drug-likeness (QED) is 0.122. The molecule has 12 rings (SSSR count). The first-order valence-corrected chi connectivity index (χ1v) is 24.8. The molecule has 0 aliphatic carbocycles. The number of ether oxygens (including phenoxy) is 2. The Balaban J connectivity index is 1.11. The third kappa shape index (κ3) is 7.34. The van der Waals surface area contributed by atoms with Crippen LogP contribution in [0.15, 0.2) is 200 Å². The first-order valence-electron chi connectivity index (χ1n) is 24.8. The highest BCUT2D eigenvalue weighted by molar-refractivity contribution is 6.98. The van der Waals surface area contributed by atoms with Crippen LogP contribution in [0.4, 0.5) is 0 Å². The molecule has 0 spiro atoms. The minimum absolute atomic E-state index is 0.0413. The minimum Gasteiger partial charge on any atom is -0.458 e. The Kier molecular flexibility index (Phi) is 10.1. The van der Waals surface area contributed by atoms with E-state index in [0.717, 1.165) is 56.1 Å². The van der Waals surface area contributed by atoms with Gasteiger partial charge in [-0.1, -0.05) is 213 Å². The fraction of sp³-hybridized carbons (Fsp3) is 0.164. The van der Waals surface area contributed by atoms with Gasteiger partial charge in [-0.05, 0) is 153 Å². The number of para-hydroxylation sites is 1. The van der Waals surface area contributed by atoms with E-state index in [1.807, 2.05) is 0 Å². The molecule has 0 aromatic heterocycles. The lowest BCUT2D eigenvalue weighted by Crippen LogP contribution is -2.57. The molecule has 0 radical (unpaired) electrons.